The minimum Gasteiger partial charge on any atom is -0.423 e. The number of oxazole rings is 1. The van der Waals surface area contributed by atoms with Gasteiger partial charge < -0.3 is 24.6 Å². The first kappa shape index (κ1) is 26.3. The minimum atomic E-state index is -0.643. The fourth-order valence-electron chi connectivity index (χ4n) is 7.03. The highest BCUT2D eigenvalue weighted by molar-refractivity contribution is 5.63. The number of aliphatic hydroxyl groups excluding tert-OH is 1. The van der Waals surface area contributed by atoms with Crippen molar-refractivity contribution in [2.45, 2.75) is 51.6 Å². The van der Waals surface area contributed by atoms with Crippen molar-refractivity contribution in [1.82, 2.24) is 9.88 Å². The topological polar surface area (TPSA) is 64.8 Å². The summed E-state index contributed by atoms with van der Waals surface area (Å²) >= 11 is 0. The van der Waals surface area contributed by atoms with Gasteiger partial charge in [0.1, 0.15) is 11.6 Å². The second-order valence-electron chi connectivity index (χ2n) is 11.9. The molecule has 3 aromatic rings. The molecule has 0 bridgehead atoms. The first-order valence-corrected chi connectivity index (χ1v) is 14.2. The van der Waals surface area contributed by atoms with Gasteiger partial charge in [-0.1, -0.05) is 19.1 Å². The summed E-state index contributed by atoms with van der Waals surface area (Å²) in [7, 11) is 0. The molecule has 0 amide bonds. The van der Waals surface area contributed by atoms with Crippen molar-refractivity contribution < 1.29 is 18.3 Å². The van der Waals surface area contributed by atoms with Gasteiger partial charge in [-0.2, -0.15) is 4.98 Å². The van der Waals surface area contributed by atoms with Gasteiger partial charge in [0.2, 0.25) is 0 Å². The highest BCUT2D eigenvalue weighted by Gasteiger charge is 2.46. The number of benzene rings is 2. The predicted molar refractivity (Wildman–Crippen MR) is 149 cm³/mol. The summed E-state index contributed by atoms with van der Waals surface area (Å²) < 4.78 is 33.4. The van der Waals surface area contributed by atoms with Crippen molar-refractivity contribution in [3.63, 3.8) is 0 Å². The van der Waals surface area contributed by atoms with Crippen LogP contribution in [0.1, 0.15) is 43.0 Å². The second-order valence-corrected chi connectivity index (χ2v) is 11.9. The van der Waals surface area contributed by atoms with E-state index in [-0.39, 0.29) is 17.4 Å². The van der Waals surface area contributed by atoms with Crippen molar-refractivity contribution in [2.24, 2.45) is 11.8 Å². The monoisotopic (exact) mass is 536 g/mol. The molecule has 6 rings (SSSR count). The van der Waals surface area contributed by atoms with E-state index in [1.54, 1.807) is 6.92 Å². The van der Waals surface area contributed by atoms with Gasteiger partial charge in [0.15, 0.2) is 5.76 Å². The van der Waals surface area contributed by atoms with Crippen LogP contribution in [0.5, 0.6) is 0 Å². The van der Waals surface area contributed by atoms with E-state index >= 15 is 0 Å². The number of aliphatic hydroxyl groups is 1. The summed E-state index contributed by atoms with van der Waals surface area (Å²) in [6.45, 7) is 11.4. The number of likely N-dealkylation sites (tertiary alicyclic amines) is 1. The van der Waals surface area contributed by atoms with Crippen molar-refractivity contribution in [1.29, 1.82) is 0 Å². The molecule has 4 heterocycles. The fraction of sp³-hybridized carbons (Fsp3) is 0.516. The standard InChI is InChI=1S/C31H38F2N4O2/c1-19-4-5-26-27(12-19)34-18-31(26)8-11-36(16-20(31)2)17-28(38)22-6-9-37(10-7-22)30-35-21(3)29(39-30)23-13-24(32)15-25(33)14-23/h4-5,12-15,20,22,28,34,38H,6-11,16-18H2,1-3H3/t20-,28+,31?/m1/s1. The SMILES string of the molecule is Cc1ccc2c(c1)NCC21CCN(C[C@H](O)C2CCN(c3nc(C)c(-c4cc(F)cc(F)c4)o3)CC2)C[C@H]1C. The quantitative estimate of drug-likeness (QED) is 0.448. The largest absolute Gasteiger partial charge is 0.423 e. The third kappa shape index (κ3) is 4.93. The van der Waals surface area contributed by atoms with Crippen LogP contribution in [-0.2, 0) is 5.41 Å². The summed E-state index contributed by atoms with van der Waals surface area (Å²) in [6.07, 6.45) is 2.42. The molecular formula is C31H38F2N4O2. The fourth-order valence-corrected chi connectivity index (χ4v) is 7.03. The van der Waals surface area contributed by atoms with E-state index in [0.717, 1.165) is 58.1 Å². The maximum Gasteiger partial charge on any atom is 0.298 e. The van der Waals surface area contributed by atoms with Crippen LogP contribution in [0.15, 0.2) is 40.8 Å². The molecule has 2 saturated heterocycles. The molecule has 1 aromatic heterocycles. The molecule has 1 unspecified atom stereocenters. The number of fused-ring (bicyclic) bond motifs is 2. The molecule has 208 valence electrons. The van der Waals surface area contributed by atoms with Gasteiger partial charge in [-0.25, -0.2) is 8.78 Å². The van der Waals surface area contributed by atoms with Crippen molar-refractivity contribution >= 4 is 11.7 Å². The van der Waals surface area contributed by atoms with Crippen LogP contribution in [-0.4, -0.2) is 60.4 Å². The van der Waals surface area contributed by atoms with Gasteiger partial charge in [0.25, 0.3) is 6.01 Å². The number of nitrogens with zero attached hydrogens (tertiary/aromatic N) is 3. The normalized spacial score (nSPS) is 24.7. The molecule has 39 heavy (non-hydrogen) atoms. The molecule has 3 aliphatic rings. The Morgan fingerprint density at radius 1 is 1.10 bits per heavy atom. The van der Waals surface area contributed by atoms with Crippen LogP contribution in [0.4, 0.5) is 20.5 Å². The Balaban J connectivity index is 1.04. The Labute approximate surface area is 229 Å². The highest BCUT2D eigenvalue weighted by Crippen LogP contribution is 2.47. The van der Waals surface area contributed by atoms with E-state index in [1.165, 1.54) is 28.9 Å². The van der Waals surface area contributed by atoms with Crippen LogP contribution in [0.2, 0.25) is 0 Å². The van der Waals surface area contributed by atoms with E-state index in [2.05, 4.69) is 52.1 Å². The Morgan fingerprint density at radius 2 is 1.85 bits per heavy atom. The Hall–Kier alpha value is -2.97. The number of aryl methyl sites for hydroxylation is 2. The molecule has 2 fully saturated rings. The lowest BCUT2D eigenvalue weighted by Crippen LogP contribution is -2.52. The molecule has 1 spiro atoms. The molecule has 3 atom stereocenters. The number of piperidine rings is 2. The first-order chi connectivity index (χ1) is 18.7. The van der Waals surface area contributed by atoms with E-state index in [1.807, 2.05) is 0 Å². The van der Waals surface area contributed by atoms with Crippen LogP contribution in [0.25, 0.3) is 11.3 Å². The van der Waals surface area contributed by atoms with E-state index in [0.29, 0.717) is 35.5 Å². The van der Waals surface area contributed by atoms with Gasteiger partial charge in [-0.3, -0.25) is 0 Å². The van der Waals surface area contributed by atoms with E-state index in [4.69, 9.17) is 4.42 Å². The Bertz CT molecular complexity index is 1330. The number of hydrogen-bond donors (Lipinski definition) is 2. The van der Waals surface area contributed by atoms with Crippen LogP contribution < -0.4 is 10.2 Å². The summed E-state index contributed by atoms with van der Waals surface area (Å²) in [5, 5.41) is 14.8. The lowest BCUT2D eigenvalue weighted by Gasteiger charge is -2.46. The number of nitrogens with one attached hydrogen (secondary N) is 1. The maximum absolute atomic E-state index is 13.7. The average molecular weight is 537 g/mol. The maximum atomic E-state index is 13.7. The molecule has 0 aliphatic carbocycles. The zero-order chi connectivity index (χ0) is 27.3. The van der Waals surface area contributed by atoms with Crippen molar-refractivity contribution in [2.75, 3.05) is 49.5 Å². The van der Waals surface area contributed by atoms with Crippen LogP contribution >= 0.6 is 0 Å². The average Bonchev–Trinajstić information content (AvgIpc) is 3.47. The molecule has 2 aromatic carbocycles. The number of anilines is 2. The molecule has 2 N–H and O–H groups in total. The minimum absolute atomic E-state index is 0.181. The summed E-state index contributed by atoms with van der Waals surface area (Å²) in [6, 6.07) is 10.6. The van der Waals surface area contributed by atoms with Crippen LogP contribution in [0.3, 0.4) is 0 Å². The third-order valence-electron chi connectivity index (χ3n) is 9.36. The molecule has 0 radical (unpaired) electrons. The van der Waals surface area contributed by atoms with Crippen LogP contribution in [0, 0.1) is 37.3 Å². The number of rotatable bonds is 5. The summed E-state index contributed by atoms with van der Waals surface area (Å²) in [5.74, 6) is -0.175. The highest BCUT2D eigenvalue weighted by atomic mass is 19.1. The van der Waals surface area contributed by atoms with Gasteiger partial charge >= 0.3 is 0 Å². The van der Waals surface area contributed by atoms with Gasteiger partial charge in [0, 0.05) is 55.5 Å². The zero-order valence-electron chi connectivity index (χ0n) is 23.0. The number of β-amino-alcohol motifs (C(OH)–C–C–N with tert-alkyl or cyclic N) is 1. The zero-order valence-corrected chi connectivity index (χ0v) is 23.0. The number of hydrogen-bond acceptors (Lipinski definition) is 6. The van der Waals surface area contributed by atoms with Gasteiger partial charge in [0.05, 0.1) is 11.8 Å². The number of halogens is 2. The Kier molecular flexibility index (Phi) is 6.88. The van der Waals surface area contributed by atoms with Gasteiger partial charge in [-0.15, -0.1) is 0 Å². The molecular weight excluding hydrogens is 498 g/mol. The lowest BCUT2D eigenvalue weighted by molar-refractivity contribution is 0.0242. The summed E-state index contributed by atoms with van der Waals surface area (Å²) in [5.41, 5.74) is 5.17. The Morgan fingerprint density at radius 3 is 2.56 bits per heavy atom. The smallest absolute Gasteiger partial charge is 0.298 e. The number of aromatic nitrogens is 1. The summed E-state index contributed by atoms with van der Waals surface area (Å²) in [4.78, 5) is 9.05. The molecule has 6 nitrogen and oxygen atoms in total. The lowest BCUT2D eigenvalue weighted by atomic mass is 9.67. The third-order valence-corrected chi connectivity index (χ3v) is 9.36. The molecule has 0 saturated carbocycles. The second kappa shape index (κ2) is 10.2. The molecule has 8 heteroatoms. The van der Waals surface area contributed by atoms with E-state index in [9.17, 15) is 13.9 Å². The first-order valence-electron chi connectivity index (χ1n) is 14.2. The predicted octanol–water partition coefficient (Wildman–Crippen LogP) is 5.52. The van der Waals surface area contributed by atoms with Crippen molar-refractivity contribution in [3.05, 3.63) is 64.9 Å². The van der Waals surface area contributed by atoms with Crippen molar-refractivity contribution in [3.8, 4) is 11.3 Å². The molecule has 3 aliphatic heterocycles. The van der Waals surface area contributed by atoms with E-state index < -0.39 is 11.6 Å². The van der Waals surface area contributed by atoms with Gasteiger partial charge in [-0.05, 0) is 80.8 Å².